The van der Waals surface area contributed by atoms with Gasteiger partial charge < -0.3 is 10.0 Å². The molecule has 1 aliphatic heterocycles. The maximum atomic E-state index is 13.0. The highest BCUT2D eigenvalue weighted by atomic mass is 16.4. The van der Waals surface area contributed by atoms with Crippen LogP contribution in [-0.4, -0.2) is 55.0 Å². The first-order chi connectivity index (χ1) is 12.6. The monoisotopic (exact) mass is 357 g/mol. The lowest BCUT2D eigenvalue weighted by Gasteiger charge is -2.32. The van der Waals surface area contributed by atoms with Crippen LogP contribution in [0.5, 0.6) is 0 Å². The highest BCUT2D eigenvalue weighted by molar-refractivity contribution is 5.94. The van der Waals surface area contributed by atoms with E-state index in [-0.39, 0.29) is 18.4 Å². The number of piperidine rings is 1. The van der Waals surface area contributed by atoms with Crippen LogP contribution >= 0.6 is 0 Å². The number of carboxylic acids is 1. The van der Waals surface area contributed by atoms with Crippen LogP contribution in [0.4, 0.5) is 0 Å². The van der Waals surface area contributed by atoms with Crippen LogP contribution in [0.2, 0.25) is 0 Å². The average molecular weight is 357 g/mol. The molecule has 1 atom stereocenters. The molecule has 0 aromatic carbocycles. The van der Waals surface area contributed by atoms with Crippen LogP contribution in [0, 0.1) is 0 Å². The molecule has 1 fully saturated rings. The first-order valence-corrected chi connectivity index (χ1v) is 9.22. The molecule has 0 bridgehead atoms. The predicted molar refractivity (Wildman–Crippen MR) is 93.0 cm³/mol. The van der Waals surface area contributed by atoms with Gasteiger partial charge in [-0.25, -0.2) is 0 Å². The number of nitrogens with one attached hydrogen (secondary N) is 1. The third-order valence-corrected chi connectivity index (χ3v) is 5.42. The topological polar surface area (TPSA) is 104 Å². The highest BCUT2D eigenvalue weighted by Crippen LogP contribution is 2.29. The smallest absolute Gasteiger partial charge is 0.325 e. The number of aliphatic carboxylic acids is 1. The number of amides is 1. The second-order valence-corrected chi connectivity index (χ2v) is 7.13. The minimum atomic E-state index is -0.915. The van der Waals surface area contributed by atoms with Gasteiger partial charge in [0.15, 0.2) is 5.69 Å². The number of aromatic amines is 1. The molecular formula is C18H23N5O3. The summed E-state index contributed by atoms with van der Waals surface area (Å²) in [5.74, 6) is -0.829. The van der Waals surface area contributed by atoms with Crippen molar-refractivity contribution >= 4 is 11.9 Å². The fourth-order valence-electron chi connectivity index (χ4n) is 4.16. The summed E-state index contributed by atoms with van der Waals surface area (Å²) in [7, 11) is 0. The lowest BCUT2D eigenvalue weighted by molar-refractivity contribution is -0.137. The maximum Gasteiger partial charge on any atom is 0.325 e. The van der Waals surface area contributed by atoms with Crippen LogP contribution < -0.4 is 0 Å². The number of aryl methyl sites for hydroxylation is 1. The largest absolute Gasteiger partial charge is 0.480 e. The Morgan fingerprint density at radius 1 is 1.27 bits per heavy atom. The van der Waals surface area contributed by atoms with E-state index in [0.29, 0.717) is 18.8 Å². The van der Waals surface area contributed by atoms with E-state index in [4.69, 9.17) is 5.11 Å². The molecule has 138 valence electrons. The summed E-state index contributed by atoms with van der Waals surface area (Å²) < 4.78 is 1.53. The SMILES string of the molecule is O=C(O)Cn1nccc1C1CCCN(C(=O)c2n[nH]c3c2CCCC3)C1. The molecule has 0 radical (unpaired) electrons. The molecule has 1 aliphatic carbocycles. The minimum absolute atomic E-state index is 0.0154. The van der Waals surface area contributed by atoms with Crippen molar-refractivity contribution in [1.82, 2.24) is 24.9 Å². The first-order valence-electron chi connectivity index (χ1n) is 9.22. The molecule has 1 unspecified atom stereocenters. The number of rotatable bonds is 4. The minimum Gasteiger partial charge on any atom is -0.480 e. The van der Waals surface area contributed by atoms with Crippen molar-refractivity contribution in [1.29, 1.82) is 0 Å². The van der Waals surface area contributed by atoms with Gasteiger partial charge >= 0.3 is 5.97 Å². The van der Waals surface area contributed by atoms with Gasteiger partial charge in [-0.2, -0.15) is 10.2 Å². The fourth-order valence-corrected chi connectivity index (χ4v) is 4.16. The molecule has 4 rings (SSSR count). The van der Waals surface area contributed by atoms with Crippen molar-refractivity contribution in [3.05, 3.63) is 34.9 Å². The van der Waals surface area contributed by atoms with E-state index in [1.54, 1.807) is 6.20 Å². The normalized spacial score (nSPS) is 20.0. The van der Waals surface area contributed by atoms with Crippen LogP contribution in [-0.2, 0) is 24.2 Å². The Hall–Kier alpha value is -2.64. The van der Waals surface area contributed by atoms with Crippen molar-refractivity contribution in [3.63, 3.8) is 0 Å². The first kappa shape index (κ1) is 16.8. The van der Waals surface area contributed by atoms with Gasteiger partial charge in [-0.05, 0) is 44.6 Å². The maximum absolute atomic E-state index is 13.0. The average Bonchev–Trinajstić information content (AvgIpc) is 3.27. The quantitative estimate of drug-likeness (QED) is 0.865. The van der Waals surface area contributed by atoms with Gasteiger partial charge in [0.25, 0.3) is 5.91 Å². The third-order valence-electron chi connectivity index (χ3n) is 5.42. The number of H-pyrrole nitrogens is 1. The van der Waals surface area contributed by atoms with Crippen molar-refractivity contribution < 1.29 is 14.7 Å². The van der Waals surface area contributed by atoms with Gasteiger partial charge in [-0.15, -0.1) is 0 Å². The summed E-state index contributed by atoms with van der Waals surface area (Å²) in [6.07, 6.45) is 7.56. The van der Waals surface area contributed by atoms with E-state index in [1.807, 2.05) is 11.0 Å². The standard InChI is InChI=1S/C18H23N5O3/c24-16(25)11-23-15(7-8-19-23)12-4-3-9-22(10-12)18(26)17-13-5-1-2-6-14(13)20-21-17/h7-8,12H,1-6,9-11H2,(H,20,21)(H,24,25). The second kappa shape index (κ2) is 6.93. The van der Waals surface area contributed by atoms with Gasteiger partial charge in [0.05, 0.1) is 0 Å². The molecule has 3 heterocycles. The zero-order valence-electron chi connectivity index (χ0n) is 14.6. The number of hydrogen-bond acceptors (Lipinski definition) is 4. The summed E-state index contributed by atoms with van der Waals surface area (Å²) in [5, 5.41) is 20.5. The highest BCUT2D eigenvalue weighted by Gasteiger charge is 2.31. The number of aromatic nitrogens is 4. The van der Waals surface area contributed by atoms with E-state index >= 15 is 0 Å². The van der Waals surface area contributed by atoms with Gasteiger partial charge in [0.2, 0.25) is 0 Å². The molecule has 2 N–H and O–H groups in total. The van der Waals surface area contributed by atoms with Gasteiger partial charge in [-0.3, -0.25) is 19.4 Å². The molecule has 26 heavy (non-hydrogen) atoms. The number of fused-ring (bicyclic) bond motifs is 1. The van der Waals surface area contributed by atoms with Crippen molar-refractivity contribution in [3.8, 4) is 0 Å². The van der Waals surface area contributed by atoms with Crippen LogP contribution in [0.15, 0.2) is 12.3 Å². The molecule has 0 spiro atoms. The van der Waals surface area contributed by atoms with E-state index in [1.165, 1.54) is 4.68 Å². The van der Waals surface area contributed by atoms with Gasteiger partial charge in [-0.1, -0.05) is 0 Å². The number of carboxylic acid groups (broad SMARTS) is 1. The Labute approximate surface area is 151 Å². The van der Waals surface area contributed by atoms with E-state index < -0.39 is 5.97 Å². The Bertz CT molecular complexity index is 825. The van der Waals surface area contributed by atoms with Crippen molar-refractivity contribution in [2.24, 2.45) is 0 Å². The zero-order chi connectivity index (χ0) is 18.1. The second-order valence-electron chi connectivity index (χ2n) is 7.13. The molecular weight excluding hydrogens is 334 g/mol. The number of nitrogens with zero attached hydrogens (tertiary/aromatic N) is 4. The molecule has 2 aromatic rings. The summed E-state index contributed by atoms with van der Waals surface area (Å²) in [6.45, 7) is 1.13. The van der Waals surface area contributed by atoms with Crippen LogP contribution in [0.1, 0.15) is 59.0 Å². The number of carbonyl (C=O) groups excluding carboxylic acids is 1. The lowest BCUT2D eigenvalue weighted by atomic mass is 9.93. The molecule has 1 saturated heterocycles. The van der Waals surface area contributed by atoms with E-state index in [0.717, 1.165) is 55.5 Å². The molecule has 0 saturated carbocycles. The van der Waals surface area contributed by atoms with Crippen LogP contribution in [0.3, 0.4) is 0 Å². The predicted octanol–water partition coefficient (Wildman–Crippen LogP) is 1.59. The van der Waals surface area contributed by atoms with Gasteiger partial charge in [0.1, 0.15) is 6.54 Å². The fraction of sp³-hybridized carbons (Fsp3) is 0.556. The molecule has 2 aliphatic rings. The number of hydrogen-bond donors (Lipinski definition) is 2. The molecule has 1 amide bonds. The molecule has 2 aromatic heterocycles. The third kappa shape index (κ3) is 3.11. The van der Waals surface area contributed by atoms with E-state index in [2.05, 4.69) is 15.3 Å². The van der Waals surface area contributed by atoms with Crippen LogP contribution in [0.25, 0.3) is 0 Å². The van der Waals surface area contributed by atoms with Gasteiger partial charge in [0, 0.05) is 42.2 Å². The molecule has 8 nitrogen and oxygen atoms in total. The number of carbonyl (C=O) groups is 2. The van der Waals surface area contributed by atoms with Crippen molar-refractivity contribution in [2.75, 3.05) is 13.1 Å². The zero-order valence-corrected chi connectivity index (χ0v) is 14.6. The Morgan fingerprint density at radius 3 is 2.96 bits per heavy atom. The van der Waals surface area contributed by atoms with E-state index in [9.17, 15) is 9.59 Å². The number of likely N-dealkylation sites (tertiary alicyclic amines) is 1. The summed E-state index contributed by atoms with van der Waals surface area (Å²) in [6, 6.07) is 1.86. The lowest BCUT2D eigenvalue weighted by Crippen LogP contribution is -2.40. The Morgan fingerprint density at radius 2 is 2.12 bits per heavy atom. The summed E-state index contributed by atoms with van der Waals surface area (Å²) >= 11 is 0. The summed E-state index contributed by atoms with van der Waals surface area (Å²) in [5.41, 5.74) is 3.64. The molecule has 8 heteroatoms. The Kier molecular flexibility index (Phi) is 4.48. The van der Waals surface area contributed by atoms with Crippen molar-refractivity contribution in [2.45, 2.75) is 51.0 Å². The summed E-state index contributed by atoms with van der Waals surface area (Å²) in [4.78, 5) is 25.9. The Balaban J connectivity index is 1.52.